The molecule has 0 radical (unpaired) electrons. The highest BCUT2D eigenvalue weighted by Gasteiger charge is 2.29. The first-order valence-electron chi connectivity index (χ1n) is 11.3. The van der Waals surface area contributed by atoms with Crippen LogP contribution >= 0.6 is 39.1 Å². The molecule has 0 saturated heterocycles. The Bertz CT molecular complexity index is 1280. The summed E-state index contributed by atoms with van der Waals surface area (Å²) in [6.07, 6.45) is 1.87. The highest BCUT2D eigenvalue weighted by molar-refractivity contribution is 9.10. The maximum Gasteiger partial charge on any atom is 0.245 e. The van der Waals surface area contributed by atoms with Crippen molar-refractivity contribution in [2.45, 2.75) is 38.0 Å². The number of carbonyl (C=O) groups is 1. The van der Waals surface area contributed by atoms with Crippen LogP contribution in [0.15, 0.2) is 70.0 Å². The maximum atomic E-state index is 13.6. The predicted octanol–water partition coefficient (Wildman–Crippen LogP) is 6.75. The van der Waals surface area contributed by atoms with Gasteiger partial charge in [-0.2, -0.15) is 4.31 Å². The van der Waals surface area contributed by atoms with Gasteiger partial charge in [-0.1, -0.05) is 83.3 Å². The van der Waals surface area contributed by atoms with Crippen LogP contribution in [0.25, 0.3) is 0 Å². The van der Waals surface area contributed by atoms with Gasteiger partial charge in [-0.05, 0) is 66.3 Å². The van der Waals surface area contributed by atoms with Crippen molar-refractivity contribution in [1.29, 1.82) is 0 Å². The van der Waals surface area contributed by atoms with Gasteiger partial charge in [0.15, 0.2) is 0 Å². The molecule has 0 saturated carbocycles. The summed E-state index contributed by atoms with van der Waals surface area (Å²) in [4.78, 5) is 13.1. The molecule has 1 N–H and O–H groups in total. The number of nitrogens with one attached hydrogen (secondary N) is 1. The van der Waals surface area contributed by atoms with E-state index in [2.05, 4.69) is 21.2 Å². The third-order valence-electron chi connectivity index (χ3n) is 5.62. The quantitative estimate of drug-likeness (QED) is 0.281. The third-order valence-corrected chi connectivity index (χ3v) is 8.64. The van der Waals surface area contributed by atoms with Crippen molar-refractivity contribution in [2.75, 3.05) is 18.4 Å². The zero-order valence-electron chi connectivity index (χ0n) is 19.5. The Morgan fingerprint density at radius 3 is 2.20 bits per heavy atom. The van der Waals surface area contributed by atoms with Crippen molar-refractivity contribution in [1.82, 2.24) is 4.31 Å². The van der Waals surface area contributed by atoms with Crippen LogP contribution in [-0.2, 0) is 34.1 Å². The van der Waals surface area contributed by atoms with Gasteiger partial charge in [-0.25, -0.2) is 8.42 Å². The third kappa shape index (κ3) is 7.08. The van der Waals surface area contributed by atoms with Crippen LogP contribution in [0.2, 0.25) is 10.0 Å². The second-order valence-electron chi connectivity index (χ2n) is 8.00. The van der Waals surface area contributed by atoms with Gasteiger partial charge in [0.2, 0.25) is 15.9 Å². The van der Waals surface area contributed by atoms with Crippen LogP contribution in [0.4, 0.5) is 5.69 Å². The maximum absolute atomic E-state index is 13.6. The summed E-state index contributed by atoms with van der Waals surface area (Å²) in [7, 11) is -4.10. The van der Waals surface area contributed by atoms with E-state index >= 15 is 0 Å². The predicted molar refractivity (Wildman–Crippen MR) is 147 cm³/mol. The lowest BCUT2D eigenvalue weighted by atomic mass is 10.0. The number of benzene rings is 3. The Kier molecular flexibility index (Phi) is 9.78. The van der Waals surface area contributed by atoms with Crippen LogP contribution in [0, 0.1) is 0 Å². The molecule has 0 bridgehead atoms. The van der Waals surface area contributed by atoms with E-state index in [4.69, 9.17) is 23.2 Å². The van der Waals surface area contributed by atoms with Gasteiger partial charge in [0.05, 0.1) is 11.6 Å². The normalized spacial score (nSPS) is 11.6. The highest BCUT2D eigenvalue weighted by Crippen LogP contribution is 2.29. The molecule has 0 unspecified atom stereocenters. The molecule has 186 valence electrons. The van der Waals surface area contributed by atoms with Crippen LogP contribution < -0.4 is 5.32 Å². The van der Waals surface area contributed by atoms with E-state index in [1.54, 1.807) is 0 Å². The summed E-state index contributed by atoms with van der Waals surface area (Å²) in [5.74, 6) is -0.425. The summed E-state index contributed by atoms with van der Waals surface area (Å²) < 4.78 is 29.3. The monoisotopic (exact) mass is 596 g/mol. The Morgan fingerprint density at radius 1 is 0.971 bits per heavy atom. The van der Waals surface area contributed by atoms with Crippen molar-refractivity contribution in [3.05, 3.63) is 91.9 Å². The highest BCUT2D eigenvalue weighted by atomic mass is 79.9. The fraction of sp³-hybridized carbons (Fsp3) is 0.269. The molecule has 0 heterocycles. The van der Waals surface area contributed by atoms with Crippen LogP contribution in [0.5, 0.6) is 0 Å². The minimum Gasteiger partial charge on any atom is -0.324 e. The van der Waals surface area contributed by atoms with Gasteiger partial charge in [0.1, 0.15) is 4.90 Å². The average Bonchev–Trinajstić information content (AvgIpc) is 2.84. The van der Waals surface area contributed by atoms with Crippen molar-refractivity contribution >= 4 is 60.7 Å². The topological polar surface area (TPSA) is 66.5 Å². The van der Waals surface area contributed by atoms with E-state index in [0.29, 0.717) is 6.42 Å². The molecular weight excluding hydrogens is 571 g/mol. The minimum absolute atomic E-state index is 0.0500. The Hall–Kier alpha value is -1.90. The fourth-order valence-corrected chi connectivity index (χ4v) is 6.47. The second-order valence-corrected chi connectivity index (χ2v) is 11.7. The minimum atomic E-state index is -4.10. The fourth-order valence-electron chi connectivity index (χ4n) is 3.78. The van der Waals surface area contributed by atoms with Crippen molar-refractivity contribution in [3.63, 3.8) is 0 Å². The molecule has 0 fully saturated rings. The summed E-state index contributed by atoms with van der Waals surface area (Å²) in [5.41, 5.74) is 3.63. The zero-order valence-corrected chi connectivity index (χ0v) is 23.4. The molecule has 0 aliphatic heterocycles. The molecule has 1 amide bonds. The van der Waals surface area contributed by atoms with Gasteiger partial charge >= 0.3 is 0 Å². The molecule has 3 rings (SSSR count). The van der Waals surface area contributed by atoms with E-state index in [0.717, 1.165) is 44.0 Å². The van der Waals surface area contributed by atoms with Crippen LogP contribution in [-0.4, -0.2) is 31.7 Å². The average molecular weight is 598 g/mol. The number of aryl methyl sites for hydroxylation is 2. The number of sulfonamides is 1. The van der Waals surface area contributed by atoms with E-state index in [9.17, 15) is 13.2 Å². The van der Waals surface area contributed by atoms with Crippen molar-refractivity contribution in [2.24, 2.45) is 0 Å². The molecule has 0 aromatic heterocycles. The SMILES string of the molecule is CCc1cc(Br)cc(CC)c1NC(=O)CN(CCc1ccccc1)S(=O)(=O)c1cc(Cl)ccc1Cl. The smallest absolute Gasteiger partial charge is 0.245 e. The molecule has 0 atom stereocenters. The first-order valence-corrected chi connectivity index (χ1v) is 14.2. The van der Waals surface area contributed by atoms with Crippen molar-refractivity contribution in [3.8, 4) is 0 Å². The molecular formula is C26H27BrCl2N2O3S. The van der Waals surface area contributed by atoms with E-state index in [1.807, 2.05) is 56.3 Å². The molecule has 3 aromatic carbocycles. The number of amides is 1. The van der Waals surface area contributed by atoms with Gasteiger partial charge < -0.3 is 5.32 Å². The number of anilines is 1. The number of hydrogen-bond acceptors (Lipinski definition) is 3. The molecule has 3 aromatic rings. The van der Waals surface area contributed by atoms with E-state index < -0.39 is 15.9 Å². The first kappa shape index (κ1) is 27.7. The number of hydrogen-bond donors (Lipinski definition) is 1. The van der Waals surface area contributed by atoms with E-state index in [-0.39, 0.29) is 28.0 Å². The number of rotatable bonds is 10. The molecule has 0 aliphatic rings. The Balaban J connectivity index is 1.92. The first-order chi connectivity index (χ1) is 16.6. The van der Waals surface area contributed by atoms with Crippen LogP contribution in [0.1, 0.15) is 30.5 Å². The Labute approximate surface area is 225 Å². The van der Waals surface area contributed by atoms with Gasteiger partial charge in [-0.15, -0.1) is 0 Å². The summed E-state index contributed by atoms with van der Waals surface area (Å²) in [5, 5.41) is 3.26. The number of carbonyl (C=O) groups excluding carboxylic acids is 1. The van der Waals surface area contributed by atoms with Gasteiger partial charge in [-0.3, -0.25) is 4.79 Å². The van der Waals surface area contributed by atoms with Gasteiger partial charge in [0.25, 0.3) is 0 Å². The largest absolute Gasteiger partial charge is 0.324 e. The van der Waals surface area contributed by atoms with Crippen molar-refractivity contribution < 1.29 is 13.2 Å². The lowest BCUT2D eigenvalue weighted by Crippen LogP contribution is -2.39. The summed E-state index contributed by atoms with van der Waals surface area (Å²) >= 11 is 15.8. The molecule has 0 spiro atoms. The molecule has 5 nitrogen and oxygen atoms in total. The molecule has 9 heteroatoms. The van der Waals surface area contributed by atoms with E-state index in [1.165, 1.54) is 18.2 Å². The summed E-state index contributed by atoms with van der Waals surface area (Å²) in [6, 6.07) is 17.7. The lowest BCUT2D eigenvalue weighted by molar-refractivity contribution is -0.116. The van der Waals surface area contributed by atoms with Crippen LogP contribution in [0.3, 0.4) is 0 Å². The standard InChI is InChI=1S/C26H27BrCl2N2O3S/c1-3-19-14-21(27)15-20(4-2)26(19)30-25(32)17-31(13-12-18-8-6-5-7-9-18)35(33,34)24-16-22(28)10-11-23(24)29/h5-11,14-16H,3-4,12-13,17H2,1-2H3,(H,30,32). The molecule has 0 aliphatic carbocycles. The summed E-state index contributed by atoms with van der Waals surface area (Å²) in [6.45, 7) is 3.76. The lowest BCUT2D eigenvalue weighted by Gasteiger charge is -2.23. The van der Waals surface area contributed by atoms with Gasteiger partial charge in [0, 0.05) is 21.7 Å². The number of nitrogens with zero attached hydrogens (tertiary/aromatic N) is 1. The second kappa shape index (κ2) is 12.4. The zero-order chi connectivity index (χ0) is 25.6. The Morgan fingerprint density at radius 2 is 1.60 bits per heavy atom. The molecule has 35 heavy (non-hydrogen) atoms. The number of halogens is 3.